The van der Waals surface area contributed by atoms with E-state index in [1.807, 2.05) is 31.2 Å². The van der Waals surface area contributed by atoms with Gasteiger partial charge in [0, 0.05) is 24.5 Å². The van der Waals surface area contributed by atoms with Crippen LogP contribution in [-0.2, 0) is 9.53 Å². The van der Waals surface area contributed by atoms with Crippen LogP contribution in [0.2, 0.25) is 0 Å². The molecule has 1 aliphatic heterocycles. The maximum Gasteiger partial charge on any atom is 0.309 e. The van der Waals surface area contributed by atoms with Crippen molar-refractivity contribution in [1.29, 1.82) is 0 Å². The number of nitrogens with two attached hydrogens (primary N) is 1. The molecule has 0 atom stereocenters. The van der Waals surface area contributed by atoms with E-state index < -0.39 is 0 Å². The van der Waals surface area contributed by atoms with E-state index >= 15 is 0 Å². The van der Waals surface area contributed by atoms with Crippen LogP contribution in [-0.4, -0.2) is 37.2 Å². The van der Waals surface area contributed by atoms with Gasteiger partial charge in [-0.1, -0.05) is 0 Å². The first-order valence-corrected chi connectivity index (χ1v) is 7.17. The molecule has 1 fully saturated rings. The Morgan fingerprint density at radius 1 is 1.35 bits per heavy atom. The minimum Gasteiger partial charge on any atom is -0.466 e. The second-order valence-corrected chi connectivity index (χ2v) is 5.10. The van der Waals surface area contributed by atoms with Crippen LogP contribution in [0, 0.1) is 5.92 Å². The first-order chi connectivity index (χ1) is 9.69. The number of carbonyl (C=O) groups excluding carboxylic acids is 1. The van der Waals surface area contributed by atoms with Crippen molar-refractivity contribution >= 4 is 17.3 Å². The van der Waals surface area contributed by atoms with Gasteiger partial charge in [-0.15, -0.1) is 0 Å². The van der Waals surface area contributed by atoms with E-state index in [4.69, 9.17) is 10.5 Å². The minimum absolute atomic E-state index is 0.0429. The van der Waals surface area contributed by atoms with Crippen LogP contribution in [0.5, 0.6) is 0 Å². The van der Waals surface area contributed by atoms with Gasteiger partial charge in [0.25, 0.3) is 0 Å². The van der Waals surface area contributed by atoms with Crippen molar-refractivity contribution in [2.24, 2.45) is 5.92 Å². The molecule has 1 aromatic carbocycles. The summed E-state index contributed by atoms with van der Waals surface area (Å²) in [4.78, 5) is 14.0. The van der Waals surface area contributed by atoms with Gasteiger partial charge in [-0.2, -0.15) is 0 Å². The van der Waals surface area contributed by atoms with E-state index in [9.17, 15) is 4.79 Å². The number of esters is 1. The van der Waals surface area contributed by atoms with Crippen LogP contribution in [0.4, 0.5) is 11.4 Å². The van der Waals surface area contributed by atoms with E-state index in [0.29, 0.717) is 6.61 Å². The summed E-state index contributed by atoms with van der Waals surface area (Å²) < 4.78 is 5.07. The van der Waals surface area contributed by atoms with Crippen molar-refractivity contribution < 1.29 is 9.53 Å². The van der Waals surface area contributed by atoms with Gasteiger partial charge in [0.05, 0.1) is 19.2 Å². The van der Waals surface area contributed by atoms with Gasteiger partial charge in [-0.3, -0.25) is 9.69 Å². The first kappa shape index (κ1) is 14.7. The Hall–Kier alpha value is -1.75. The van der Waals surface area contributed by atoms with Gasteiger partial charge in [0.1, 0.15) is 0 Å². The Bertz CT molecular complexity index is 425. The Labute approximate surface area is 120 Å². The highest BCUT2D eigenvalue weighted by molar-refractivity contribution is 5.72. The third kappa shape index (κ3) is 4.13. The number of ether oxygens (including phenoxy) is 1. The van der Waals surface area contributed by atoms with E-state index in [1.165, 1.54) is 0 Å². The topological polar surface area (TPSA) is 67.6 Å². The molecule has 20 heavy (non-hydrogen) atoms. The van der Waals surface area contributed by atoms with Gasteiger partial charge in [0.2, 0.25) is 0 Å². The SMILES string of the molecule is CCOC(=O)C1CCN(CNc2ccc(N)cc2)CC1. The first-order valence-electron chi connectivity index (χ1n) is 7.17. The van der Waals surface area contributed by atoms with Gasteiger partial charge in [-0.05, 0) is 44.0 Å². The Balaban J connectivity index is 1.72. The average molecular weight is 277 g/mol. The maximum absolute atomic E-state index is 11.6. The van der Waals surface area contributed by atoms with Crippen molar-refractivity contribution in [1.82, 2.24) is 4.90 Å². The molecule has 5 nitrogen and oxygen atoms in total. The van der Waals surface area contributed by atoms with Crippen molar-refractivity contribution in [3.05, 3.63) is 24.3 Å². The summed E-state index contributed by atoms with van der Waals surface area (Å²) in [7, 11) is 0. The largest absolute Gasteiger partial charge is 0.466 e. The molecule has 0 bridgehead atoms. The molecule has 2 rings (SSSR count). The van der Waals surface area contributed by atoms with E-state index in [0.717, 1.165) is 44.0 Å². The third-order valence-corrected chi connectivity index (χ3v) is 3.62. The number of nitrogen functional groups attached to an aromatic ring is 1. The van der Waals surface area contributed by atoms with E-state index in [-0.39, 0.29) is 11.9 Å². The highest BCUT2D eigenvalue weighted by Crippen LogP contribution is 2.19. The number of piperidine rings is 1. The zero-order valence-corrected chi connectivity index (χ0v) is 12.0. The molecule has 0 saturated carbocycles. The molecule has 3 N–H and O–H groups in total. The molecule has 1 aromatic rings. The van der Waals surface area contributed by atoms with Gasteiger partial charge >= 0.3 is 5.97 Å². The third-order valence-electron chi connectivity index (χ3n) is 3.62. The number of rotatable bonds is 5. The molecule has 1 saturated heterocycles. The minimum atomic E-state index is -0.0429. The molecule has 0 amide bonds. The summed E-state index contributed by atoms with van der Waals surface area (Å²) in [6.45, 7) is 4.96. The highest BCUT2D eigenvalue weighted by atomic mass is 16.5. The number of nitrogens with zero attached hydrogens (tertiary/aromatic N) is 1. The predicted molar refractivity (Wildman–Crippen MR) is 80.3 cm³/mol. The predicted octanol–water partition coefficient (Wildman–Crippen LogP) is 1.91. The second kappa shape index (κ2) is 7.14. The van der Waals surface area contributed by atoms with E-state index in [2.05, 4.69) is 10.2 Å². The fourth-order valence-corrected chi connectivity index (χ4v) is 2.39. The summed E-state index contributed by atoms with van der Waals surface area (Å²) in [6.07, 6.45) is 1.75. The maximum atomic E-state index is 11.6. The van der Waals surface area contributed by atoms with Crippen LogP contribution < -0.4 is 11.1 Å². The molecule has 1 aliphatic rings. The molecule has 0 unspecified atom stereocenters. The Kier molecular flexibility index (Phi) is 5.24. The molecule has 0 aliphatic carbocycles. The molecule has 110 valence electrons. The van der Waals surface area contributed by atoms with Gasteiger partial charge in [0.15, 0.2) is 0 Å². The van der Waals surface area contributed by atoms with Crippen LogP contribution in [0.1, 0.15) is 19.8 Å². The monoisotopic (exact) mass is 277 g/mol. The van der Waals surface area contributed by atoms with Crippen LogP contribution in [0.15, 0.2) is 24.3 Å². The zero-order chi connectivity index (χ0) is 14.4. The fraction of sp³-hybridized carbons (Fsp3) is 0.533. The lowest BCUT2D eigenvalue weighted by molar-refractivity contribution is -0.149. The van der Waals surface area contributed by atoms with Crippen molar-refractivity contribution in [3.63, 3.8) is 0 Å². The van der Waals surface area contributed by atoms with Gasteiger partial charge in [-0.25, -0.2) is 0 Å². The highest BCUT2D eigenvalue weighted by Gasteiger charge is 2.25. The van der Waals surface area contributed by atoms with Gasteiger partial charge < -0.3 is 15.8 Å². The normalized spacial score (nSPS) is 16.9. The summed E-state index contributed by atoms with van der Waals surface area (Å²) in [5.41, 5.74) is 7.48. The number of nitrogens with one attached hydrogen (secondary N) is 1. The lowest BCUT2D eigenvalue weighted by atomic mass is 9.97. The summed E-state index contributed by atoms with van der Waals surface area (Å²) >= 11 is 0. The lowest BCUT2D eigenvalue weighted by Gasteiger charge is -2.31. The summed E-state index contributed by atoms with van der Waals surface area (Å²) in [5, 5.41) is 3.36. The van der Waals surface area contributed by atoms with E-state index in [1.54, 1.807) is 0 Å². The standard InChI is InChI=1S/C15H23N3O2/c1-2-20-15(19)12-7-9-18(10-8-12)11-17-14-5-3-13(16)4-6-14/h3-6,12,17H,2,7-11,16H2,1H3. The lowest BCUT2D eigenvalue weighted by Crippen LogP contribution is -2.39. The molecule has 5 heteroatoms. The van der Waals surface area contributed by atoms with Crippen molar-refractivity contribution in [2.45, 2.75) is 19.8 Å². The fourth-order valence-electron chi connectivity index (χ4n) is 2.39. The van der Waals surface area contributed by atoms with Crippen molar-refractivity contribution in [2.75, 3.05) is 37.4 Å². The Morgan fingerprint density at radius 2 is 2.00 bits per heavy atom. The molecule has 1 heterocycles. The number of hydrogen-bond donors (Lipinski definition) is 2. The number of likely N-dealkylation sites (tertiary alicyclic amines) is 1. The number of carbonyl (C=O) groups is 1. The average Bonchev–Trinajstić information content (AvgIpc) is 2.47. The van der Waals surface area contributed by atoms with Crippen LogP contribution in [0.25, 0.3) is 0 Å². The molecule has 0 spiro atoms. The number of benzene rings is 1. The van der Waals surface area contributed by atoms with Crippen molar-refractivity contribution in [3.8, 4) is 0 Å². The van der Waals surface area contributed by atoms with Crippen LogP contribution >= 0.6 is 0 Å². The Morgan fingerprint density at radius 3 is 2.60 bits per heavy atom. The second-order valence-electron chi connectivity index (χ2n) is 5.10. The molecule has 0 aromatic heterocycles. The smallest absolute Gasteiger partial charge is 0.309 e. The summed E-state index contributed by atoms with van der Waals surface area (Å²) in [5.74, 6) is 0.0290. The zero-order valence-electron chi connectivity index (χ0n) is 12.0. The quantitative estimate of drug-likeness (QED) is 0.635. The molecular formula is C15H23N3O2. The molecule has 0 radical (unpaired) electrons. The summed E-state index contributed by atoms with van der Waals surface area (Å²) in [6, 6.07) is 7.71. The number of hydrogen-bond acceptors (Lipinski definition) is 5. The van der Waals surface area contributed by atoms with Crippen LogP contribution in [0.3, 0.4) is 0 Å². The number of anilines is 2. The molecular weight excluding hydrogens is 254 g/mol.